The fraction of sp³-hybridized carbons (Fsp3) is 0.560. The van der Waals surface area contributed by atoms with Crippen molar-refractivity contribution >= 4 is 17.2 Å². The molecular formula is C25H33N7O. The van der Waals surface area contributed by atoms with Crippen molar-refractivity contribution in [2.45, 2.75) is 25.7 Å². The van der Waals surface area contributed by atoms with Crippen molar-refractivity contribution in [2.24, 2.45) is 5.41 Å². The lowest BCUT2D eigenvalue weighted by molar-refractivity contribution is 0.0944. The first-order valence-corrected chi connectivity index (χ1v) is 12.3. The molecule has 0 bridgehead atoms. The number of anilines is 2. The Labute approximate surface area is 195 Å². The van der Waals surface area contributed by atoms with E-state index >= 15 is 0 Å². The van der Waals surface area contributed by atoms with Crippen LogP contribution in [0, 0.1) is 5.41 Å². The number of pyridine rings is 1. The summed E-state index contributed by atoms with van der Waals surface area (Å²) >= 11 is 0. The Hall–Kier alpha value is -2.71. The Kier molecular flexibility index (Phi) is 5.42. The van der Waals surface area contributed by atoms with E-state index in [4.69, 9.17) is 9.72 Å². The second kappa shape index (κ2) is 8.57. The highest BCUT2D eigenvalue weighted by atomic mass is 16.5. The van der Waals surface area contributed by atoms with Gasteiger partial charge in [-0.2, -0.15) is 5.10 Å². The number of ether oxygens (including phenoxy) is 1. The van der Waals surface area contributed by atoms with Crippen LogP contribution in [0.5, 0.6) is 0 Å². The number of likely N-dealkylation sites (tertiary alicyclic amines) is 1. The highest BCUT2D eigenvalue weighted by Gasteiger charge is 2.37. The van der Waals surface area contributed by atoms with Gasteiger partial charge in [-0.15, -0.1) is 0 Å². The van der Waals surface area contributed by atoms with Crippen LogP contribution in [0.2, 0.25) is 0 Å². The summed E-state index contributed by atoms with van der Waals surface area (Å²) in [5.74, 6) is 0.989. The van der Waals surface area contributed by atoms with Crippen LogP contribution >= 0.6 is 0 Å². The number of morpholine rings is 1. The van der Waals surface area contributed by atoms with Crippen molar-refractivity contribution < 1.29 is 4.74 Å². The summed E-state index contributed by atoms with van der Waals surface area (Å²) in [6.45, 7) is 7.96. The van der Waals surface area contributed by atoms with E-state index in [1.54, 1.807) is 0 Å². The minimum atomic E-state index is 0.555. The summed E-state index contributed by atoms with van der Waals surface area (Å²) in [5.41, 5.74) is 4.76. The molecule has 0 radical (unpaired) electrons. The molecule has 3 aliphatic heterocycles. The molecule has 3 aliphatic rings. The average molecular weight is 448 g/mol. The molecule has 0 saturated carbocycles. The second-order valence-corrected chi connectivity index (χ2v) is 9.93. The fourth-order valence-corrected chi connectivity index (χ4v) is 5.62. The zero-order chi connectivity index (χ0) is 22.3. The lowest BCUT2D eigenvalue weighted by atomic mass is 9.71. The third kappa shape index (κ3) is 4.06. The SMILES string of the molecule is CN1CCC2(CC1)CCN(c1cnc3c(-c4ccnc(N5CCOCC5)c4)cnn3c1)CC2. The highest BCUT2D eigenvalue weighted by molar-refractivity contribution is 5.78. The van der Waals surface area contributed by atoms with Crippen LogP contribution in [0.15, 0.2) is 36.9 Å². The van der Waals surface area contributed by atoms with E-state index in [9.17, 15) is 0 Å². The van der Waals surface area contributed by atoms with E-state index < -0.39 is 0 Å². The van der Waals surface area contributed by atoms with Gasteiger partial charge >= 0.3 is 0 Å². The molecule has 0 atom stereocenters. The van der Waals surface area contributed by atoms with Gasteiger partial charge in [0.1, 0.15) is 5.82 Å². The predicted octanol–water partition coefficient (Wildman–Crippen LogP) is 2.94. The lowest BCUT2D eigenvalue weighted by Crippen LogP contribution is -2.46. The van der Waals surface area contributed by atoms with Crippen LogP contribution in [0.3, 0.4) is 0 Å². The second-order valence-electron chi connectivity index (χ2n) is 9.93. The quantitative estimate of drug-likeness (QED) is 0.612. The van der Waals surface area contributed by atoms with Gasteiger partial charge in [0.15, 0.2) is 5.65 Å². The zero-order valence-corrected chi connectivity index (χ0v) is 19.5. The normalized spacial score (nSPS) is 21.7. The average Bonchev–Trinajstić information content (AvgIpc) is 3.30. The lowest BCUT2D eigenvalue weighted by Gasteiger charge is -2.46. The maximum absolute atomic E-state index is 5.48. The van der Waals surface area contributed by atoms with Crippen LogP contribution in [0.1, 0.15) is 25.7 Å². The van der Waals surface area contributed by atoms with Gasteiger partial charge in [0, 0.05) is 37.9 Å². The van der Waals surface area contributed by atoms with Gasteiger partial charge in [-0.3, -0.25) is 0 Å². The van der Waals surface area contributed by atoms with Crippen LogP contribution in [-0.4, -0.2) is 84.0 Å². The molecule has 1 spiro atoms. The molecule has 0 amide bonds. The molecule has 3 aromatic rings. The Morgan fingerprint density at radius 2 is 1.64 bits per heavy atom. The summed E-state index contributed by atoms with van der Waals surface area (Å²) in [4.78, 5) is 16.7. The fourth-order valence-electron chi connectivity index (χ4n) is 5.62. The topological polar surface area (TPSA) is 62.0 Å². The molecule has 3 aromatic heterocycles. The third-order valence-corrected chi connectivity index (χ3v) is 7.97. The molecule has 3 saturated heterocycles. The minimum absolute atomic E-state index is 0.555. The predicted molar refractivity (Wildman–Crippen MR) is 130 cm³/mol. The third-order valence-electron chi connectivity index (χ3n) is 7.97. The largest absolute Gasteiger partial charge is 0.378 e. The van der Waals surface area contributed by atoms with Crippen molar-refractivity contribution in [2.75, 3.05) is 69.3 Å². The summed E-state index contributed by atoms with van der Waals surface area (Å²) in [6.07, 6.45) is 13.2. The van der Waals surface area contributed by atoms with E-state index in [-0.39, 0.29) is 0 Å². The van der Waals surface area contributed by atoms with E-state index in [1.807, 2.05) is 29.2 Å². The van der Waals surface area contributed by atoms with E-state index in [0.29, 0.717) is 5.41 Å². The number of nitrogens with zero attached hydrogens (tertiary/aromatic N) is 7. The van der Waals surface area contributed by atoms with Crippen molar-refractivity contribution in [3.05, 3.63) is 36.9 Å². The van der Waals surface area contributed by atoms with Crippen LogP contribution in [0.4, 0.5) is 11.5 Å². The molecule has 3 fully saturated rings. The molecule has 8 nitrogen and oxygen atoms in total. The van der Waals surface area contributed by atoms with Crippen LogP contribution < -0.4 is 9.80 Å². The monoisotopic (exact) mass is 447 g/mol. The summed E-state index contributed by atoms with van der Waals surface area (Å²) in [6, 6.07) is 4.19. The first-order valence-electron chi connectivity index (χ1n) is 12.3. The molecule has 0 aromatic carbocycles. The zero-order valence-electron chi connectivity index (χ0n) is 19.5. The van der Waals surface area contributed by atoms with Gasteiger partial charge in [0.05, 0.1) is 37.5 Å². The number of rotatable bonds is 3. The Morgan fingerprint density at radius 3 is 2.42 bits per heavy atom. The maximum atomic E-state index is 5.48. The van der Waals surface area contributed by atoms with Crippen molar-refractivity contribution in [1.29, 1.82) is 0 Å². The van der Waals surface area contributed by atoms with Gasteiger partial charge in [0.2, 0.25) is 0 Å². The maximum Gasteiger partial charge on any atom is 0.162 e. The number of fused-ring (bicyclic) bond motifs is 1. The number of aromatic nitrogens is 4. The van der Waals surface area contributed by atoms with Crippen LogP contribution in [-0.2, 0) is 4.74 Å². The van der Waals surface area contributed by atoms with E-state index in [1.165, 1.54) is 44.5 Å². The molecule has 6 heterocycles. The van der Waals surface area contributed by atoms with Gasteiger partial charge in [-0.25, -0.2) is 14.5 Å². The van der Waals surface area contributed by atoms with Crippen molar-refractivity contribution in [3.8, 4) is 11.1 Å². The summed E-state index contributed by atoms with van der Waals surface area (Å²) in [5, 5.41) is 4.65. The number of piperidine rings is 2. The van der Waals surface area contributed by atoms with Gasteiger partial charge in [-0.05, 0) is 68.9 Å². The molecule has 174 valence electrons. The van der Waals surface area contributed by atoms with E-state index in [0.717, 1.165) is 62.0 Å². The first-order chi connectivity index (χ1) is 16.2. The Morgan fingerprint density at radius 1 is 0.879 bits per heavy atom. The molecule has 6 rings (SSSR count). The minimum Gasteiger partial charge on any atom is -0.378 e. The summed E-state index contributed by atoms with van der Waals surface area (Å²) in [7, 11) is 2.25. The highest BCUT2D eigenvalue weighted by Crippen LogP contribution is 2.41. The smallest absolute Gasteiger partial charge is 0.162 e. The molecule has 33 heavy (non-hydrogen) atoms. The summed E-state index contributed by atoms with van der Waals surface area (Å²) < 4.78 is 7.41. The van der Waals surface area contributed by atoms with Crippen molar-refractivity contribution in [1.82, 2.24) is 24.5 Å². The molecule has 0 aliphatic carbocycles. The van der Waals surface area contributed by atoms with E-state index in [2.05, 4.69) is 44.1 Å². The molecule has 0 unspecified atom stereocenters. The van der Waals surface area contributed by atoms with Crippen molar-refractivity contribution in [3.63, 3.8) is 0 Å². The number of hydrogen-bond donors (Lipinski definition) is 0. The van der Waals surface area contributed by atoms with Gasteiger partial charge in [-0.1, -0.05) is 0 Å². The first kappa shape index (κ1) is 20.9. The molecule has 8 heteroatoms. The Balaban J connectivity index is 1.20. The van der Waals surface area contributed by atoms with Gasteiger partial charge in [0.25, 0.3) is 0 Å². The van der Waals surface area contributed by atoms with Crippen LogP contribution in [0.25, 0.3) is 16.8 Å². The molecular weight excluding hydrogens is 414 g/mol. The molecule has 0 N–H and O–H groups in total. The van der Waals surface area contributed by atoms with Gasteiger partial charge < -0.3 is 19.4 Å². The Bertz CT molecular complexity index is 1100. The standard InChI is InChI=1S/C25H33N7O/c1-29-8-3-25(4-9-29)5-10-30(11-6-25)21-17-27-24-22(18-28-32(24)19-21)20-2-7-26-23(16-20)31-12-14-33-15-13-31/h2,7,16-19H,3-6,8-15H2,1H3. The number of hydrogen-bond acceptors (Lipinski definition) is 7.